The Bertz CT molecular complexity index is 1110. The summed E-state index contributed by atoms with van der Waals surface area (Å²) in [5.41, 5.74) is 3.00. The van der Waals surface area contributed by atoms with Crippen molar-refractivity contribution in [1.29, 1.82) is 0 Å². The molecular weight excluding hydrogens is 444 g/mol. The van der Waals surface area contributed by atoms with Gasteiger partial charge in [0.05, 0.1) is 10.8 Å². The summed E-state index contributed by atoms with van der Waals surface area (Å²) in [6, 6.07) is 15.9. The Morgan fingerprint density at radius 3 is 2.20 bits per heavy atom. The van der Waals surface area contributed by atoms with E-state index in [1.165, 1.54) is 11.1 Å². The molecule has 2 fully saturated rings. The lowest BCUT2D eigenvalue weighted by Gasteiger charge is -2.39. The average Bonchev–Trinajstić information content (AvgIpc) is 3.60. The monoisotopic (exact) mass is 476 g/mol. The van der Waals surface area contributed by atoms with Gasteiger partial charge in [-0.25, -0.2) is 4.79 Å². The summed E-state index contributed by atoms with van der Waals surface area (Å²) in [6.45, 7) is 2.12. The Balaban J connectivity index is 1.17. The van der Waals surface area contributed by atoms with Crippen LogP contribution in [0.3, 0.4) is 0 Å². The van der Waals surface area contributed by atoms with Crippen molar-refractivity contribution in [2.75, 3.05) is 13.2 Å². The smallest absolute Gasteiger partial charge is 0.407 e. The van der Waals surface area contributed by atoms with E-state index in [0.29, 0.717) is 25.7 Å². The Morgan fingerprint density at radius 2 is 1.60 bits per heavy atom. The van der Waals surface area contributed by atoms with E-state index in [9.17, 15) is 19.5 Å². The van der Waals surface area contributed by atoms with Gasteiger partial charge in [0.15, 0.2) is 0 Å². The SMILES string of the molecule is CC1(C(=O)O)CCCCC1NC(=O)C1(CNC(=O)OCC2c3ccccc3-c3ccccc32)CC1. The second-order valence-electron chi connectivity index (χ2n) is 10.5. The number of rotatable bonds is 7. The molecule has 0 bridgehead atoms. The Morgan fingerprint density at radius 1 is 0.971 bits per heavy atom. The van der Waals surface area contributed by atoms with Crippen molar-refractivity contribution in [1.82, 2.24) is 10.6 Å². The van der Waals surface area contributed by atoms with Crippen molar-refractivity contribution in [2.24, 2.45) is 10.8 Å². The fraction of sp³-hybridized carbons (Fsp3) is 0.464. The van der Waals surface area contributed by atoms with Crippen LogP contribution in [0, 0.1) is 10.8 Å². The predicted molar refractivity (Wildman–Crippen MR) is 131 cm³/mol. The van der Waals surface area contributed by atoms with Gasteiger partial charge >= 0.3 is 12.1 Å². The zero-order chi connectivity index (χ0) is 24.6. The van der Waals surface area contributed by atoms with Crippen LogP contribution in [0.5, 0.6) is 0 Å². The van der Waals surface area contributed by atoms with Gasteiger partial charge in [0.2, 0.25) is 5.91 Å². The number of alkyl carbamates (subject to hydrolysis) is 1. The molecule has 3 aliphatic carbocycles. The minimum absolute atomic E-state index is 0.0219. The summed E-state index contributed by atoms with van der Waals surface area (Å²) in [4.78, 5) is 37.5. The van der Waals surface area contributed by atoms with E-state index < -0.39 is 28.9 Å². The van der Waals surface area contributed by atoms with Gasteiger partial charge in [-0.3, -0.25) is 9.59 Å². The summed E-state index contributed by atoms with van der Waals surface area (Å²) < 4.78 is 5.60. The summed E-state index contributed by atoms with van der Waals surface area (Å²) in [6.07, 6.45) is 3.75. The molecule has 2 unspecified atom stereocenters. The van der Waals surface area contributed by atoms with Crippen molar-refractivity contribution in [3.8, 4) is 11.1 Å². The van der Waals surface area contributed by atoms with E-state index >= 15 is 0 Å². The fourth-order valence-electron chi connectivity index (χ4n) is 5.66. The van der Waals surface area contributed by atoms with E-state index in [0.717, 1.165) is 24.0 Å². The highest BCUT2D eigenvalue weighted by atomic mass is 16.5. The molecule has 0 heterocycles. The van der Waals surface area contributed by atoms with Crippen LogP contribution in [0.1, 0.15) is 62.5 Å². The van der Waals surface area contributed by atoms with Crippen molar-refractivity contribution in [3.05, 3.63) is 59.7 Å². The van der Waals surface area contributed by atoms with Crippen LogP contribution in [-0.2, 0) is 14.3 Å². The molecule has 0 saturated heterocycles. The van der Waals surface area contributed by atoms with Gasteiger partial charge in [0, 0.05) is 18.5 Å². The highest BCUT2D eigenvalue weighted by Gasteiger charge is 2.52. The topological polar surface area (TPSA) is 105 Å². The lowest BCUT2D eigenvalue weighted by molar-refractivity contribution is -0.152. The number of ether oxygens (including phenoxy) is 1. The van der Waals surface area contributed by atoms with Crippen LogP contribution >= 0.6 is 0 Å². The molecule has 0 aliphatic heterocycles. The Hall–Kier alpha value is -3.35. The molecule has 0 aromatic heterocycles. The quantitative estimate of drug-likeness (QED) is 0.547. The zero-order valence-corrected chi connectivity index (χ0v) is 20.0. The lowest BCUT2D eigenvalue weighted by Crippen LogP contribution is -2.54. The third-order valence-corrected chi connectivity index (χ3v) is 8.25. The second-order valence-corrected chi connectivity index (χ2v) is 10.5. The molecule has 0 spiro atoms. The summed E-state index contributed by atoms with van der Waals surface area (Å²) in [5.74, 6) is -1.06. The third kappa shape index (κ3) is 4.28. The number of carboxylic acid groups (broad SMARTS) is 1. The average molecular weight is 477 g/mol. The van der Waals surface area contributed by atoms with E-state index in [1.807, 2.05) is 24.3 Å². The molecule has 3 N–H and O–H groups in total. The number of amides is 2. The first kappa shape index (κ1) is 23.4. The standard InChI is InChI=1S/C28H32N2O5/c1-27(25(32)33)13-7-6-12-23(27)30-24(31)28(14-15-28)17-29-26(34)35-16-22-20-10-4-2-8-18(20)19-9-3-5-11-21(19)22/h2-5,8-11,22-23H,6-7,12-17H2,1H3,(H,29,34)(H,30,31)(H,32,33). The van der Waals surface area contributed by atoms with Gasteiger partial charge in [-0.1, -0.05) is 61.4 Å². The molecule has 0 radical (unpaired) electrons. The first-order valence-electron chi connectivity index (χ1n) is 12.5. The number of benzene rings is 2. The Kier molecular flexibility index (Phi) is 6.03. The van der Waals surface area contributed by atoms with Crippen LogP contribution in [0.2, 0.25) is 0 Å². The normalized spacial score (nSPS) is 24.1. The van der Waals surface area contributed by atoms with Crippen molar-refractivity contribution in [2.45, 2.75) is 57.4 Å². The number of hydrogen-bond acceptors (Lipinski definition) is 4. The van der Waals surface area contributed by atoms with Crippen LogP contribution in [-0.4, -0.2) is 42.3 Å². The maximum Gasteiger partial charge on any atom is 0.407 e. The van der Waals surface area contributed by atoms with Gasteiger partial charge in [-0.05, 0) is 54.9 Å². The minimum Gasteiger partial charge on any atom is -0.481 e. The van der Waals surface area contributed by atoms with Crippen LogP contribution in [0.4, 0.5) is 4.79 Å². The minimum atomic E-state index is -0.954. The highest BCUT2D eigenvalue weighted by molar-refractivity contribution is 5.87. The fourth-order valence-corrected chi connectivity index (χ4v) is 5.66. The van der Waals surface area contributed by atoms with Gasteiger partial charge in [0.1, 0.15) is 6.61 Å². The number of carbonyl (C=O) groups excluding carboxylic acids is 2. The molecule has 2 amide bonds. The predicted octanol–water partition coefficient (Wildman–Crippen LogP) is 4.46. The first-order valence-corrected chi connectivity index (χ1v) is 12.5. The molecule has 7 heteroatoms. The molecule has 3 aliphatic rings. The van der Waals surface area contributed by atoms with Crippen molar-refractivity contribution in [3.63, 3.8) is 0 Å². The van der Waals surface area contributed by atoms with Gasteiger partial charge in [-0.2, -0.15) is 0 Å². The van der Waals surface area contributed by atoms with Gasteiger partial charge < -0.3 is 20.5 Å². The number of carboxylic acids is 1. The first-order chi connectivity index (χ1) is 16.8. The van der Waals surface area contributed by atoms with E-state index in [4.69, 9.17) is 4.74 Å². The number of aliphatic carboxylic acids is 1. The molecule has 5 rings (SSSR count). The number of fused-ring (bicyclic) bond motifs is 3. The lowest BCUT2D eigenvalue weighted by atomic mass is 9.71. The maximum absolute atomic E-state index is 13.1. The molecule has 184 valence electrons. The second kappa shape index (κ2) is 9.02. The van der Waals surface area contributed by atoms with E-state index in [1.54, 1.807) is 6.92 Å². The van der Waals surface area contributed by atoms with Gasteiger partial charge in [-0.15, -0.1) is 0 Å². The molecule has 2 saturated carbocycles. The molecule has 35 heavy (non-hydrogen) atoms. The zero-order valence-electron chi connectivity index (χ0n) is 20.0. The van der Waals surface area contributed by atoms with E-state index in [-0.39, 0.29) is 25.0 Å². The number of carbonyl (C=O) groups is 3. The molecule has 7 nitrogen and oxygen atoms in total. The number of hydrogen-bond donors (Lipinski definition) is 3. The van der Waals surface area contributed by atoms with E-state index in [2.05, 4.69) is 34.9 Å². The Labute approximate surface area is 205 Å². The third-order valence-electron chi connectivity index (χ3n) is 8.25. The summed E-state index contributed by atoms with van der Waals surface area (Å²) >= 11 is 0. The van der Waals surface area contributed by atoms with Crippen molar-refractivity contribution >= 4 is 18.0 Å². The molecule has 2 aromatic carbocycles. The summed E-state index contributed by atoms with van der Waals surface area (Å²) in [5, 5.41) is 15.5. The maximum atomic E-state index is 13.1. The molecular formula is C28H32N2O5. The molecule has 2 aromatic rings. The van der Waals surface area contributed by atoms with Crippen molar-refractivity contribution < 1.29 is 24.2 Å². The molecule has 2 atom stereocenters. The highest BCUT2D eigenvalue weighted by Crippen LogP contribution is 2.47. The number of nitrogens with one attached hydrogen (secondary N) is 2. The van der Waals surface area contributed by atoms with Gasteiger partial charge in [0.25, 0.3) is 0 Å². The van der Waals surface area contributed by atoms with Crippen LogP contribution < -0.4 is 10.6 Å². The summed E-state index contributed by atoms with van der Waals surface area (Å²) in [7, 11) is 0. The largest absolute Gasteiger partial charge is 0.481 e. The van der Waals surface area contributed by atoms with Crippen LogP contribution in [0.15, 0.2) is 48.5 Å². The van der Waals surface area contributed by atoms with Crippen LogP contribution in [0.25, 0.3) is 11.1 Å².